The number of nitrogens with zero attached hydrogens (tertiary/aromatic N) is 6. The van der Waals surface area contributed by atoms with E-state index >= 15 is 0 Å². The zero-order chi connectivity index (χ0) is 19.9. The average molecular weight is 390 g/mol. The molecule has 0 aliphatic carbocycles. The number of carbonyl (C=O) groups excluding carboxylic acids is 1. The Labute approximate surface area is 168 Å². The van der Waals surface area contributed by atoms with E-state index in [1.807, 2.05) is 24.3 Å². The molecule has 1 amide bonds. The Morgan fingerprint density at radius 3 is 2.62 bits per heavy atom. The van der Waals surface area contributed by atoms with Crippen LogP contribution < -0.4 is 15.5 Å². The van der Waals surface area contributed by atoms with Gasteiger partial charge in [0.2, 0.25) is 5.91 Å². The van der Waals surface area contributed by atoms with E-state index < -0.39 is 0 Å². The summed E-state index contributed by atoms with van der Waals surface area (Å²) in [6, 6.07) is 9.39. The molecule has 4 heterocycles. The first-order valence-electron chi connectivity index (χ1n) is 9.56. The molecule has 0 bridgehead atoms. The molecule has 1 aliphatic heterocycles. The predicted molar refractivity (Wildman–Crippen MR) is 108 cm³/mol. The minimum Gasteiger partial charge on any atom is -0.355 e. The molecule has 0 atom stereocenters. The summed E-state index contributed by atoms with van der Waals surface area (Å²) in [6.07, 6.45) is 8.21. The fourth-order valence-corrected chi connectivity index (χ4v) is 3.26. The zero-order valence-corrected chi connectivity index (χ0v) is 15.9. The maximum atomic E-state index is 12.4. The van der Waals surface area contributed by atoms with Crippen LogP contribution in [0.3, 0.4) is 0 Å². The minimum atomic E-state index is 0.0228. The molecule has 0 saturated carbocycles. The minimum absolute atomic E-state index is 0.0228. The second-order valence-electron chi connectivity index (χ2n) is 6.84. The maximum absolute atomic E-state index is 12.4. The maximum Gasteiger partial charge on any atom is 0.223 e. The third-order valence-electron chi connectivity index (χ3n) is 4.87. The van der Waals surface area contributed by atoms with E-state index in [0.29, 0.717) is 18.2 Å². The summed E-state index contributed by atoms with van der Waals surface area (Å²) >= 11 is 0. The topological polar surface area (TPSA) is 109 Å². The van der Waals surface area contributed by atoms with Gasteiger partial charge in [-0.1, -0.05) is 6.07 Å². The summed E-state index contributed by atoms with van der Waals surface area (Å²) in [5.41, 5.74) is 1.00. The highest BCUT2D eigenvalue weighted by molar-refractivity contribution is 5.79. The number of anilines is 3. The Balaban J connectivity index is 1.26. The van der Waals surface area contributed by atoms with Gasteiger partial charge in [0.25, 0.3) is 0 Å². The molecule has 3 aromatic rings. The number of rotatable bonds is 6. The van der Waals surface area contributed by atoms with E-state index in [1.165, 1.54) is 6.33 Å². The predicted octanol–water partition coefficient (Wildman–Crippen LogP) is 1.94. The van der Waals surface area contributed by atoms with Gasteiger partial charge in [-0.05, 0) is 42.7 Å². The third kappa shape index (κ3) is 5.01. The summed E-state index contributed by atoms with van der Waals surface area (Å²) < 4.78 is 0. The van der Waals surface area contributed by atoms with Crippen molar-refractivity contribution < 1.29 is 4.79 Å². The average Bonchev–Trinajstić information content (AvgIpc) is 2.79. The molecule has 2 N–H and O–H groups in total. The van der Waals surface area contributed by atoms with Crippen molar-refractivity contribution in [3.63, 3.8) is 0 Å². The van der Waals surface area contributed by atoms with Crippen molar-refractivity contribution in [3.8, 4) is 0 Å². The first kappa shape index (κ1) is 18.7. The van der Waals surface area contributed by atoms with Gasteiger partial charge in [0.1, 0.15) is 12.1 Å². The lowest BCUT2D eigenvalue weighted by atomic mass is 9.96. The second-order valence-corrected chi connectivity index (χ2v) is 6.84. The van der Waals surface area contributed by atoms with E-state index in [0.717, 1.165) is 37.3 Å². The first-order chi connectivity index (χ1) is 14.3. The van der Waals surface area contributed by atoms with Crippen molar-refractivity contribution in [2.75, 3.05) is 23.3 Å². The molecule has 3 aromatic heterocycles. The van der Waals surface area contributed by atoms with Crippen molar-refractivity contribution in [2.24, 2.45) is 5.92 Å². The number of pyridine rings is 1. The van der Waals surface area contributed by atoms with E-state index in [2.05, 4.69) is 40.7 Å². The molecular weight excluding hydrogens is 368 g/mol. The van der Waals surface area contributed by atoms with Gasteiger partial charge < -0.3 is 15.5 Å². The van der Waals surface area contributed by atoms with Gasteiger partial charge in [-0.3, -0.25) is 9.78 Å². The van der Waals surface area contributed by atoms with Crippen LogP contribution in [0.25, 0.3) is 0 Å². The Morgan fingerprint density at radius 1 is 1.03 bits per heavy atom. The molecule has 1 saturated heterocycles. The fourth-order valence-electron chi connectivity index (χ4n) is 3.26. The highest BCUT2D eigenvalue weighted by Crippen LogP contribution is 2.22. The van der Waals surface area contributed by atoms with E-state index in [4.69, 9.17) is 0 Å². The fraction of sp³-hybridized carbons (Fsp3) is 0.300. The van der Waals surface area contributed by atoms with Gasteiger partial charge in [-0.2, -0.15) is 0 Å². The number of hydrogen-bond acceptors (Lipinski definition) is 8. The number of piperidine rings is 1. The second kappa shape index (κ2) is 9.05. The molecular formula is C20H22N8O. The van der Waals surface area contributed by atoms with Gasteiger partial charge in [-0.15, -0.1) is 10.2 Å². The van der Waals surface area contributed by atoms with Gasteiger partial charge in [0.05, 0.1) is 0 Å². The Morgan fingerprint density at radius 2 is 1.93 bits per heavy atom. The molecule has 4 rings (SSSR count). The molecule has 0 unspecified atom stereocenters. The summed E-state index contributed by atoms with van der Waals surface area (Å²) in [7, 11) is 0. The quantitative estimate of drug-likeness (QED) is 0.657. The zero-order valence-electron chi connectivity index (χ0n) is 15.9. The van der Waals surface area contributed by atoms with Crippen LogP contribution in [0, 0.1) is 5.92 Å². The number of amides is 1. The lowest BCUT2D eigenvalue weighted by Crippen LogP contribution is -2.40. The standard InChI is InChI=1S/C20H22N8O/c29-20(23-13-15-2-1-8-21-12-15)16-6-10-28(11-7-16)19-4-3-18(26-27-19)25-17-5-9-22-14-24-17/h1-5,8-9,12,14,16H,6-7,10-11,13H2,(H,23,29)(H,22,24,25,26). The first-order valence-corrected chi connectivity index (χ1v) is 9.56. The van der Waals surface area contributed by atoms with Crippen LogP contribution in [0.15, 0.2) is 55.2 Å². The van der Waals surface area contributed by atoms with Crippen molar-refractivity contribution in [1.29, 1.82) is 0 Å². The molecule has 29 heavy (non-hydrogen) atoms. The van der Waals surface area contributed by atoms with Crippen LogP contribution >= 0.6 is 0 Å². The van der Waals surface area contributed by atoms with E-state index in [-0.39, 0.29) is 11.8 Å². The van der Waals surface area contributed by atoms with Crippen molar-refractivity contribution in [2.45, 2.75) is 19.4 Å². The van der Waals surface area contributed by atoms with Crippen LogP contribution in [0.4, 0.5) is 17.5 Å². The molecule has 0 radical (unpaired) electrons. The van der Waals surface area contributed by atoms with E-state index in [9.17, 15) is 4.79 Å². The van der Waals surface area contributed by atoms with Gasteiger partial charge in [0.15, 0.2) is 11.6 Å². The van der Waals surface area contributed by atoms with E-state index in [1.54, 1.807) is 24.7 Å². The summed E-state index contributed by atoms with van der Waals surface area (Å²) in [5, 5.41) is 14.6. The lowest BCUT2D eigenvalue weighted by molar-refractivity contribution is -0.125. The van der Waals surface area contributed by atoms with Crippen molar-refractivity contribution in [3.05, 3.63) is 60.8 Å². The van der Waals surface area contributed by atoms with Gasteiger partial charge in [0, 0.05) is 44.1 Å². The van der Waals surface area contributed by atoms with Crippen LogP contribution in [0.5, 0.6) is 0 Å². The van der Waals surface area contributed by atoms with Crippen LogP contribution in [-0.2, 0) is 11.3 Å². The SMILES string of the molecule is O=C(NCc1cccnc1)C1CCN(c2ccc(Nc3ccncn3)nn2)CC1. The summed E-state index contributed by atoms with van der Waals surface area (Å²) in [6.45, 7) is 2.07. The molecule has 1 aliphatic rings. The van der Waals surface area contributed by atoms with Gasteiger partial charge >= 0.3 is 0 Å². The molecule has 148 valence electrons. The number of hydrogen-bond donors (Lipinski definition) is 2. The van der Waals surface area contributed by atoms with Crippen molar-refractivity contribution in [1.82, 2.24) is 30.5 Å². The largest absolute Gasteiger partial charge is 0.355 e. The summed E-state index contributed by atoms with van der Waals surface area (Å²) in [4.78, 5) is 26.6. The van der Waals surface area contributed by atoms with Crippen LogP contribution in [-0.4, -0.2) is 44.1 Å². The highest BCUT2D eigenvalue weighted by atomic mass is 16.1. The lowest BCUT2D eigenvalue weighted by Gasteiger charge is -2.31. The Hall–Kier alpha value is -3.62. The number of carbonyl (C=O) groups is 1. The normalized spacial score (nSPS) is 14.4. The third-order valence-corrected chi connectivity index (χ3v) is 4.87. The van der Waals surface area contributed by atoms with Crippen LogP contribution in [0.2, 0.25) is 0 Å². The van der Waals surface area contributed by atoms with Gasteiger partial charge in [-0.25, -0.2) is 9.97 Å². The molecule has 1 fully saturated rings. The number of nitrogens with one attached hydrogen (secondary N) is 2. The molecule has 9 nitrogen and oxygen atoms in total. The monoisotopic (exact) mass is 390 g/mol. The Bertz CT molecular complexity index is 912. The molecule has 0 aromatic carbocycles. The summed E-state index contributed by atoms with van der Waals surface area (Å²) in [5.74, 6) is 2.23. The number of aromatic nitrogens is 5. The molecule has 9 heteroatoms. The smallest absolute Gasteiger partial charge is 0.223 e. The highest BCUT2D eigenvalue weighted by Gasteiger charge is 2.25. The molecule has 0 spiro atoms. The Kier molecular flexibility index (Phi) is 5.84. The van der Waals surface area contributed by atoms with Crippen molar-refractivity contribution >= 4 is 23.4 Å². The van der Waals surface area contributed by atoms with Crippen LogP contribution in [0.1, 0.15) is 18.4 Å².